The molecule has 26 heavy (non-hydrogen) atoms. The third-order valence-corrected chi connectivity index (χ3v) is 4.47. The topological polar surface area (TPSA) is 61.9 Å². The molecule has 2 amide bonds. The Morgan fingerprint density at radius 3 is 2.23 bits per heavy atom. The number of benzene rings is 1. The van der Waals surface area contributed by atoms with E-state index in [1.165, 1.54) is 0 Å². The molecule has 0 unspecified atom stereocenters. The lowest BCUT2D eigenvalue weighted by molar-refractivity contribution is -0.134. The summed E-state index contributed by atoms with van der Waals surface area (Å²) in [6.45, 7) is 10.9. The van der Waals surface area contributed by atoms with Gasteiger partial charge in [-0.05, 0) is 29.7 Å². The first-order valence-corrected chi connectivity index (χ1v) is 9.21. The maximum Gasteiger partial charge on any atom is 0.251 e. The first kappa shape index (κ1) is 20.2. The van der Waals surface area contributed by atoms with Gasteiger partial charge in [0.25, 0.3) is 5.91 Å². The summed E-state index contributed by atoms with van der Waals surface area (Å²) in [6.07, 6.45) is 0.588. The van der Waals surface area contributed by atoms with Crippen LogP contribution >= 0.6 is 0 Å². The highest BCUT2D eigenvalue weighted by molar-refractivity contribution is 5.94. The molecule has 0 atom stereocenters. The van der Waals surface area contributed by atoms with Gasteiger partial charge in [-0.2, -0.15) is 0 Å². The molecule has 1 N–H and O–H groups in total. The average Bonchev–Trinajstić information content (AvgIpc) is 2.61. The van der Waals surface area contributed by atoms with Crippen molar-refractivity contribution >= 4 is 11.8 Å². The number of hydrogen-bond donors (Lipinski definition) is 1. The molecular formula is C20H31N3O3. The number of rotatable bonds is 6. The Balaban J connectivity index is 1.68. The largest absolute Gasteiger partial charge is 0.497 e. The summed E-state index contributed by atoms with van der Waals surface area (Å²) in [5.74, 6) is 0.900. The van der Waals surface area contributed by atoms with Crippen LogP contribution in [0.5, 0.6) is 5.75 Å². The molecule has 0 aliphatic carbocycles. The van der Waals surface area contributed by atoms with Crippen LogP contribution in [0.2, 0.25) is 0 Å². The summed E-state index contributed by atoms with van der Waals surface area (Å²) in [5, 5.41) is 2.95. The van der Waals surface area contributed by atoms with Crippen LogP contribution in [-0.4, -0.2) is 68.0 Å². The van der Waals surface area contributed by atoms with Gasteiger partial charge in [-0.25, -0.2) is 0 Å². The Bertz CT molecular complexity index is 600. The number of nitrogens with zero attached hydrogens (tertiary/aromatic N) is 2. The van der Waals surface area contributed by atoms with Crippen molar-refractivity contribution in [2.24, 2.45) is 5.41 Å². The van der Waals surface area contributed by atoms with Gasteiger partial charge in [0.1, 0.15) is 5.75 Å². The van der Waals surface area contributed by atoms with Crippen LogP contribution < -0.4 is 10.1 Å². The van der Waals surface area contributed by atoms with Crippen molar-refractivity contribution in [3.63, 3.8) is 0 Å². The molecule has 1 aliphatic rings. The third-order valence-electron chi connectivity index (χ3n) is 4.47. The summed E-state index contributed by atoms with van der Waals surface area (Å²) in [7, 11) is 1.60. The minimum Gasteiger partial charge on any atom is -0.497 e. The number of ether oxygens (including phenoxy) is 1. The Morgan fingerprint density at radius 1 is 1.08 bits per heavy atom. The standard InChI is InChI=1S/C20H31N3O3/c1-20(2,3)15-18(24)23-13-11-22(12-14-23)10-9-21-19(25)16-5-7-17(26-4)8-6-16/h5-8H,9-15H2,1-4H3,(H,21,25). The molecule has 1 heterocycles. The van der Waals surface area contributed by atoms with Gasteiger partial charge in [-0.3, -0.25) is 14.5 Å². The van der Waals surface area contributed by atoms with E-state index >= 15 is 0 Å². The van der Waals surface area contributed by atoms with Gasteiger partial charge in [0.05, 0.1) is 7.11 Å². The SMILES string of the molecule is COc1ccc(C(=O)NCCN2CCN(C(=O)CC(C)(C)C)CC2)cc1. The quantitative estimate of drug-likeness (QED) is 0.842. The summed E-state index contributed by atoms with van der Waals surface area (Å²) in [4.78, 5) is 28.6. The molecule has 1 saturated heterocycles. The van der Waals surface area contributed by atoms with Crippen LogP contribution in [0, 0.1) is 5.41 Å². The lowest BCUT2D eigenvalue weighted by Gasteiger charge is -2.36. The van der Waals surface area contributed by atoms with Crippen LogP contribution in [0.3, 0.4) is 0 Å². The number of hydrogen-bond acceptors (Lipinski definition) is 4. The molecule has 0 radical (unpaired) electrons. The fourth-order valence-electron chi connectivity index (χ4n) is 2.96. The second-order valence-corrected chi connectivity index (χ2v) is 7.94. The van der Waals surface area contributed by atoms with Gasteiger partial charge in [-0.1, -0.05) is 20.8 Å². The van der Waals surface area contributed by atoms with E-state index in [1.54, 1.807) is 31.4 Å². The van der Waals surface area contributed by atoms with Crippen molar-refractivity contribution in [1.82, 2.24) is 15.1 Å². The minimum absolute atomic E-state index is 0.0277. The Labute approximate surface area is 156 Å². The van der Waals surface area contributed by atoms with E-state index in [0.29, 0.717) is 18.5 Å². The molecule has 1 aromatic carbocycles. The smallest absolute Gasteiger partial charge is 0.251 e. The summed E-state index contributed by atoms with van der Waals surface area (Å²) in [5.41, 5.74) is 0.656. The Morgan fingerprint density at radius 2 is 1.69 bits per heavy atom. The maximum atomic E-state index is 12.3. The lowest BCUT2D eigenvalue weighted by Crippen LogP contribution is -2.50. The number of carbonyl (C=O) groups is 2. The van der Waals surface area contributed by atoms with E-state index < -0.39 is 0 Å². The van der Waals surface area contributed by atoms with Crippen molar-refractivity contribution in [2.45, 2.75) is 27.2 Å². The molecule has 2 rings (SSSR count). The molecule has 0 spiro atoms. The molecule has 0 saturated carbocycles. The van der Waals surface area contributed by atoms with Crippen LogP contribution in [-0.2, 0) is 4.79 Å². The lowest BCUT2D eigenvalue weighted by atomic mass is 9.91. The number of methoxy groups -OCH3 is 1. The molecule has 1 fully saturated rings. The molecule has 6 nitrogen and oxygen atoms in total. The fourth-order valence-corrected chi connectivity index (χ4v) is 2.96. The van der Waals surface area contributed by atoms with E-state index in [0.717, 1.165) is 38.5 Å². The predicted octanol–water partition coefficient (Wildman–Crippen LogP) is 2.01. The van der Waals surface area contributed by atoms with Gasteiger partial charge >= 0.3 is 0 Å². The predicted molar refractivity (Wildman–Crippen MR) is 102 cm³/mol. The van der Waals surface area contributed by atoms with Crippen molar-refractivity contribution in [2.75, 3.05) is 46.4 Å². The summed E-state index contributed by atoms with van der Waals surface area (Å²) in [6, 6.07) is 7.08. The van der Waals surface area contributed by atoms with Crippen LogP contribution in [0.15, 0.2) is 24.3 Å². The first-order chi connectivity index (χ1) is 12.3. The van der Waals surface area contributed by atoms with Crippen LogP contribution in [0.1, 0.15) is 37.6 Å². The Kier molecular flexibility index (Phi) is 7.03. The number of nitrogens with one attached hydrogen (secondary N) is 1. The summed E-state index contributed by atoms with van der Waals surface area (Å²) < 4.78 is 5.10. The van der Waals surface area contributed by atoms with Gasteiger partial charge in [-0.15, -0.1) is 0 Å². The van der Waals surface area contributed by atoms with Crippen LogP contribution in [0.4, 0.5) is 0 Å². The number of piperazine rings is 1. The monoisotopic (exact) mass is 361 g/mol. The van der Waals surface area contributed by atoms with Crippen molar-refractivity contribution < 1.29 is 14.3 Å². The molecular weight excluding hydrogens is 330 g/mol. The van der Waals surface area contributed by atoms with E-state index in [4.69, 9.17) is 4.74 Å². The zero-order valence-electron chi connectivity index (χ0n) is 16.4. The van der Waals surface area contributed by atoms with E-state index in [2.05, 4.69) is 31.0 Å². The van der Waals surface area contributed by atoms with Crippen molar-refractivity contribution in [1.29, 1.82) is 0 Å². The second kappa shape index (κ2) is 9.03. The third kappa shape index (κ3) is 6.33. The van der Waals surface area contributed by atoms with E-state index in [-0.39, 0.29) is 17.2 Å². The zero-order valence-corrected chi connectivity index (χ0v) is 16.4. The molecule has 0 bridgehead atoms. The minimum atomic E-state index is -0.0772. The maximum absolute atomic E-state index is 12.3. The number of carbonyl (C=O) groups excluding carboxylic acids is 2. The van der Waals surface area contributed by atoms with Crippen molar-refractivity contribution in [3.05, 3.63) is 29.8 Å². The zero-order chi connectivity index (χ0) is 19.2. The van der Waals surface area contributed by atoms with Crippen molar-refractivity contribution in [3.8, 4) is 5.75 Å². The molecule has 1 aliphatic heterocycles. The molecule has 6 heteroatoms. The summed E-state index contributed by atoms with van der Waals surface area (Å²) >= 11 is 0. The van der Waals surface area contributed by atoms with Crippen LogP contribution in [0.25, 0.3) is 0 Å². The fraction of sp³-hybridized carbons (Fsp3) is 0.600. The van der Waals surface area contributed by atoms with E-state index in [9.17, 15) is 9.59 Å². The first-order valence-electron chi connectivity index (χ1n) is 9.21. The van der Waals surface area contributed by atoms with Gasteiger partial charge in [0.15, 0.2) is 0 Å². The Hall–Kier alpha value is -2.08. The molecule has 0 aromatic heterocycles. The molecule has 144 valence electrons. The van der Waals surface area contributed by atoms with Gasteiger partial charge in [0.2, 0.25) is 5.91 Å². The molecule has 1 aromatic rings. The highest BCUT2D eigenvalue weighted by Gasteiger charge is 2.24. The van der Waals surface area contributed by atoms with E-state index in [1.807, 2.05) is 4.90 Å². The average molecular weight is 361 g/mol. The van der Waals surface area contributed by atoms with Gasteiger partial charge in [0, 0.05) is 51.3 Å². The highest BCUT2D eigenvalue weighted by Crippen LogP contribution is 2.20. The second-order valence-electron chi connectivity index (χ2n) is 7.94. The van der Waals surface area contributed by atoms with Gasteiger partial charge < -0.3 is 15.0 Å². The normalized spacial score (nSPS) is 15.6. The number of amides is 2. The highest BCUT2D eigenvalue weighted by atomic mass is 16.5.